The molecule has 0 spiro atoms. The van der Waals surface area contributed by atoms with Gasteiger partial charge < -0.3 is 4.74 Å². The monoisotopic (exact) mass is 386 g/mol. The lowest BCUT2D eigenvalue weighted by atomic mass is 10.00. The number of benzene rings is 3. The molecular weight excluding hydrogens is 368 g/mol. The zero-order valence-corrected chi connectivity index (χ0v) is 15.9. The summed E-state index contributed by atoms with van der Waals surface area (Å²) < 4.78 is 5.39. The van der Waals surface area contributed by atoms with Crippen molar-refractivity contribution in [1.29, 1.82) is 0 Å². The van der Waals surface area contributed by atoms with Gasteiger partial charge in [0.1, 0.15) is 11.3 Å². The van der Waals surface area contributed by atoms with Crippen LogP contribution in [0, 0.1) is 6.92 Å². The number of fused-ring (bicyclic) bond motifs is 1. The van der Waals surface area contributed by atoms with Crippen LogP contribution in [0.15, 0.2) is 66.2 Å². The number of methoxy groups -OCH3 is 1. The number of barbiturate groups is 1. The number of carbonyl (C=O) groups excluding carboxylic acids is 3. The van der Waals surface area contributed by atoms with Gasteiger partial charge in [0.2, 0.25) is 0 Å². The van der Waals surface area contributed by atoms with Crippen molar-refractivity contribution < 1.29 is 19.1 Å². The molecule has 0 bridgehead atoms. The van der Waals surface area contributed by atoms with Gasteiger partial charge in [0, 0.05) is 5.39 Å². The fourth-order valence-corrected chi connectivity index (χ4v) is 3.34. The molecule has 0 radical (unpaired) electrons. The number of nitrogens with one attached hydrogen (secondary N) is 1. The molecule has 0 aromatic heterocycles. The Labute approximate surface area is 167 Å². The Kier molecular flexibility index (Phi) is 4.60. The summed E-state index contributed by atoms with van der Waals surface area (Å²) in [5.74, 6) is -0.690. The van der Waals surface area contributed by atoms with E-state index in [0.29, 0.717) is 17.0 Å². The predicted octanol–water partition coefficient (Wildman–Crippen LogP) is 3.82. The minimum Gasteiger partial charge on any atom is -0.496 e. The Morgan fingerprint density at radius 1 is 0.897 bits per heavy atom. The van der Waals surface area contributed by atoms with E-state index in [2.05, 4.69) is 5.32 Å². The Morgan fingerprint density at radius 2 is 1.59 bits per heavy atom. The second-order valence-electron chi connectivity index (χ2n) is 6.70. The highest BCUT2D eigenvalue weighted by Gasteiger charge is 2.36. The molecule has 144 valence electrons. The Bertz CT molecular complexity index is 1180. The number of aryl methyl sites for hydroxylation is 1. The molecule has 29 heavy (non-hydrogen) atoms. The van der Waals surface area contributed by atoms with Gasteiger partial charge in [-0.05, 0) is 42.1 Å². The number of amides is 4. The van der Waals surface area contributed by atoms with E-state index in [0.717, 1.165) is 21.2 Å². The van der Waals surface area contributed by atoms with E-state index in [1.165, 1.54) is 6.08 Å². The number of urea groups is 1. The molecule has 1 saturated heterocycles. The van der Waals surface area contributed by atoms with Crippen molar-refractivity contribution in [1.82, 2.24) is 5.32 Å². The van der Waals surface area contributed by atoms with Crippen molar-refractivity contribution in [3.05, 3.63) is 77.4 Å². The van der Waals surface area contributed by atoms with Gasteiger partial charge in [-0.1, -0.05) is 48.0 Å². The molecule has 4 amide bonds. The van der Waals surface area contributed by atoms with Crippen LogP contribution in [-0.4, -0.2) is 25.0 Å². The average molecular weight is 386 g/mol. The third kappa shape index (κ3) is 3.25. The van der Waals surface area contributed by atoms with Gasteiger partial charge in [-0.25, -0.2) is 9.69 Å². The molecule has 0 unspecified atom stereocenters. The van der Waals surface area contributed by atoms with Crippen LogP contribution in [0.4, 0.5) is 10.5 Å². The van der Waals surface area contributed by atoms with Crippen molar-refractivity contribution in [2.75, 3.05) is 12.0 Å². The summed E-state index contributed by atoms with van der Waals surface area (Å²) in [7, 11) is 1.59. The topological polar surface area (TPSA) is 75.7 Å². The number of rotatable bonds is 3. The van der Waals surface area contributed by atoms with E-state index in [1.54, 1.807) is 43.5 Å². The van der Waals surface area contributed by atoms with Gasteiger partial charge in [0.05, 0.1) is 12.8 Å². The van der Waals surface area contributed by atoms with Crippen molar-refractivity contribution >= 4 is 40.4 Å². The first-order chi connectivity index (χ1) is 14.0. The summed E-state index contributed by atoms with van der Waals surface area (Å²) in [6.45, 7) is 1.91. The van der Waals surface area contributed by atoms with Crippen LogP contribution in [-0.2, 0) is 9.59 Å². The maximum absolute atomic E-state index is 13.0. The lowest BCUT2D eigenvalue weighted by Gasteiger charge is -2.26. The van der Waals surface area contributed by atoms with Crippen LogP contribution in [0.25, 0.3) is 16.8 Å². The first-order valence-electron chi connectivity index (χ1n) is 9.03. The third-order valence-electron chi connectivity index (χ3n) is 4.83. The molecule has 0 aliphatic carbocycles. The highest BCUT2D eigenvalue weighted by atomic mass is 16.5. The van der Waals surface area contributed by atoms with Crippen molar-refractivity contribution in [3.8, 4) is 5.75 Å². The zero-order chi connectivity index (χ0) is 20.5. The molecule has 1 aliphatic heterocycles. The first-order valence-corrected chi connectivity index (χ1v) is 9.03. The van der Waals surface area contributed by atoms with Crippen LogP contribution in [0.1, 0.15) is 11.1 Å². The number of imide groups is 2. The van der Waals surface area contributed by atoms with Crippen LogP contribution in [0.2, 0.25) is 0 Å². The van der Waals surface area contributed by atoms with Gasteiger partial charge in [-0.15, -0.1) is 0 Å². The SMILES string of the molecule is COc1ccc(/C=C2\C(=O)NC(=O)N(c3ccc(C)cc3)C2=O)c2ccccc12. The summed E-state index contributed by atoms with van der Waals surface area (Å²) in [6, 6.07) is 17.3. The van der Waals surface area contributed by atoms with E-state index < -0.39 is 17.8 Å². The third-order valence-corrected chi connectivity index (χ3v) is 4.83. The van der Waals surface area contributed by atoms with Crippen molar-refractivity contribution in [3.63, 3.8) is 0 Å². The Balaban J connectivity index is 1.82. The van der Waals surface area contributed by atoms with E-state index in [1.807, 2.05) is 31.2 Å². The first kappa shape index (κ1) is 18.4. The molecule has 3 aromatic carbocycles. The quantitative estimate of drug-likeness (QED) is 0.548. The maximum Gasteiger partial charge on any atom is 0.335 e. The standard InChI is InChI=1S/C23H18N2O4/c1-14-7-10-16(11-8-14)25-22(27)19(21(26)24-23(25)28)13-15-9-12-20(29-2)18-6-4-3-5-17(15)18/h3-13H,1-2H3,(H,24,26,28)/b19-13+. The molecule has 0 atom stereocenters. The summed E-state index contributed by atoms with van der Waals surface area (Å²) in [4.78, 5) is 38.8. The normalized spacial score (nSPS) is 15.7. The molecule has 1 N–H and O–H groups in total. The van der Waals surface area contributed by atoms with E-state index in [-0.39, 0.29) is 5.57 Å². The summed E-state index contributed by atoms with van der Waals surface area (Å²) >= 11 is 0. The lowest BCUT2D eigenvalue weighted by Crippen LogP contribution is -2.54. The predicted molar refractivity (Wildman–Crippen MR) is 111 cm³/mol. The highest BCUT2D eigenvalue weighted by Crippen LogP contribution is 2.30. The van der Waals surface area contributed by atoms with Crippen LogP contribution < -0.4 is 15.0 Å². The van der Waals surface area contributed by atoms with Gasteiger partial charge in [0.25, 0.3) is 11.8 Å². The Hall–Kier alpha value is -3.93. The number of hydrogen-bond acceptors (Lipinski definition) is 4. The molecule has 0 saturated carbocycles. The fraction of sp³-hybridized carbons (Fsp3) is 0.0870. The van der Waals surface area contributed by atoms with E-state index in [9.17, 15) is 14.4 Å². The zero-order valence-electron chi connectivity index (χ0n) is 15.9. The number of carbonyl (C=O) groups is 3. The van der Waals surface area contributed by atoms with Crippen LogP contribution in [0.5, 0.6) is 5.75 Å². The van der Waals surface area contributed by atoms with Crippen LogP contribution >= 0.6 is 0 Å². The summed E-state index contributed by atoms with van der Waals surface area (Å²) in [5, 5.41) is 3.94. The van der Waals surface area contributed by atoms with Gasteiger partial charge in [-0.3, -0.25) is 14.9 Å². The smallest absolute Gasteiger partial charge is 0.335 e. The largest absolute Gasteiger partial charge is 0.496 e. The number of anilines is 1. The molecular formula is C23H18N2O4. The maximum atomic E-state index is 13.0. The molecule has 3 aromatic rings. The van der Waals surface area contributed by atoms with Crippen LogP contribution in [0.3, 0.4) is 0 Å². The minimum atomic E-state index is -0.763. The number of hydrogen-bond donors (Lipinski definition) is 1. The van der Waals surface area contributed by atoms with E-state index >= 15 is 0 Å². The molecule has 6 nitrogen and oxygen atoms in total. The minimum absolute atomic E-state index is 0.111. The highest BCUT2D eigenvalue weighted by molar-refractivity contribution is 6.39. The second kappa shape index (κ2) is 7.24. The van der Waals surface area contributed by atoms with E-state index in [4.69, 9.17) is 4.74 Å². The number of nitrogens with zero attached hydrogens (tertiary/aromatic N) is 1. The lowest BCUT2D eigenvalue weighted by molar-refractivity contribution is -0.122. The van der Waals surface area contributed by atoms with Gasteiger partial charge in [-0.2, -0.15) is 0 Å². The number of ether oxygens (including phenoxy) is 1. The van der Waals surface area contributed by atoms with Gasteiger partial charge >= 0.3 is 6.03 Å². The summed E-state index contributed by atoms with van der Waals surface area (Å²) in [5.41, 5.74) is 1.96. The summed E-state index contributed by atoms with van der Waals surface area (Å²) in [6.07, 6.45) is 1.51. The Morgan fingerprint density at radius 3 is 2.28 bits per heavy atom. The molecule has 1 aliphatic rings. The fourth-order valence-electron chi connectivity index (χ4n) is 3.34. The molecule has 1 fully saturated rings. The second-order valence-corrected chi connectivity index (χ2v) is 6.70. The van der Waals surface area contributed by atoms with Gasteiger partial charge in [0.15, 0.2) is 0 Å². The average Bonchev–Trinajstić information content (AvgIpc) is 2.72. The molecule has 6 heteroatoms. The molecule has 4 rings (SSSR count). The van der Waals surface area contributed by atoms with Crippen molar-refractivity contribution in [2.24, 2.45) is 0 Å². The van der Waals surface area contributed by atoms with Crippen molar-refractivity contribution in [2.45, 2.75) is 6.92 Å². The molecule has 1 heterocycles.